The number of aromatic amines is 1. The van der Waals surface area contributed by atoms with E-state index in [2.05, 4.69) is 18.8 Å². The van der Waals surface area contributed by atoms with E-state index >= 15 is 0 Å². The molecule has 2 rings (SSSR count). The average Bonchev–Trinajstić information content (AvgIpc) is 2.29. The summed E-state index contributed by atoms with van der Waals surface area (Å²) >= 11 is 0. The van der Waals surface area contributed by atoms with Gasteiger partial charge in [0.15, 0.2) is 0 Å². The van der Waals surface area contributed by atoms with Crippen molar-refractivity contribution in [2.24, 2.45) is 16.9 Å². The molecular formula is C14H22ClN3O2. The van der Waals surface area contributed by atoms with E-state index in [4.69, 9.17) is 11.5 Å². The van der Waals surface area contributed by atoms with Crippen LogP contribution in [-0.4, -0.2) is 16.9 Å². The molecule has 0 aliphatic heterocycles. The number of fused-ring (bicyclic) bond motifs is 1. The fourth-order valence-electron chi connectivity index (χ4n) is 2.60. The van der Waals surface area contributed by atoms with Gasteiger partial charge in [0.1, 0.15) is 0 Å². The third-order valence-electron chi connectivity index (χ3n) is 3.82. The minimum atomic E-state index is -0.809. The summed E-state index contributed by atoms with van der Waals surface area (Å²) in [5.74, 6) is -0.586. The maximum Gasteiger partial charge on any atom is 0.251 e. The smallest absolute Gasteiger partial charge is 0.251 e. The minimum absolute atomic E-state index is 0. The highest BCUT2D eigenvalue weighted by molar-refractivity contribution is 5.85. The van der Waals surface area contributed by atoms with E-state index in [1.807, 2.05) is 6.07 Å². The Labute approximate surface area is 124 Å². The molecule has 6 heteroatoms. The van der Waals surface area contributed by atoms with Gasteiger partial charge in [-0.3, -0.25) is 9.59 Å². The average molecular weight is 300 g/mol. The third kappa shape index (κ3) is 3.61. The van der Waals surface area contributed by atoms with Gasteiger partial charge in [0, 0.05) is 17.7 Å². The normalized spacial score (nSPS) is 17.8. The highest BCUT2D eigenvalue weighted by atomic mass is 35.5. The largest absolute Gasteiger partial charge is 0.368 e. The van der Waals surface area contributed by atoms with Gasteiger partial charge in [0.2, 0.25) is 5.91 Å². The van der Waals surface area contributed by atoms with Crippen LogP contribution in [0.5, 0.6) is 0 Å². The topological polar surface area (TPSA) is 102 Å². The van der Waals surface area contributed by atoms with Gasteiger partial charge in [-0.05, 0) is 36.3 Å². The molecule has 5 nitrogen and oxygen atoms in total. The van der Waals surface area contributed by atoms with Crippen molar-refractivity contribution in [3.05, 3.63) is 33.2 Å². The van der Waals surface area contributed by atoms with E-state index < -0.39 is 11.9 Å². The second-order valence-corrected chi connectivity index (χ2v) is 6.18. The lowest BCUT2D eigenvalue weighted by atomic mass is 9.75. The fraction of sp³-hybridized carbons (Fsp3) is 0.571. The first-order valence-corrected chi connectivity index (χ1v) is 6.57. The van der Waals surface area contributed by atoms with Crippen molar-refractivity contribution in [2.75, 3.05) is 0 Å². The fourth-order valence-corrected chi connectivity index (χ4v) is 2.60. The van der Waals surface area contributed by atoms with Crippen LogP contribution in [0.3, 0.4) is 0 Å². The van der Waals surface area contributed by atoms with Crippen LogP contribution in [0.2, 0.25) is 0 Å². The number of hydrogen-bond acceptors (Lipinski definition) is 3. The highest BCUT2D eigenvalue weighted by Crippen LogP contribution is 2.33. The van der Waals surface area contributed by atoms with Crippen molar-refractivity contribution >= 4 is 18.3 Å². The number of carbonyl (C=O) groups excluding carboxylic acids is 1. The zero-order valence-corrected chi connectivity index (χ0v) is 12.7. The molecule has 0 saturated heterocycles. The molecule has 112 valence electrons. The van der Waals surface area contributed by atoms with Crippen LogP contribution in [0.4, 0.5) is 0 Å². The summed E-state index contributed by atoms with van der Waals surface area (Å²) in [5.41, 5.74) is 13.6. The molecule has 1 aromatic rings. The zero-order chi connectivity index (χ0) is 14.2. The number of aromatic nitrogens is 1. The lowest BCUT2D eigenvalue weighted by Gasteiger charge is -2.31. The molecule has 20 heavy (non-hydrogen) atoms. The van der Waals surface area contributed by atoms with Crippen molar-refractivity contribution in [3.8, 4) is 0 Å². The number of rotatable bonds is 3. The Bertz CT molecular complexity index is 566. The lowest BCUT2D eigenvalue weighted by molar-refractivity contribution is -0.119. The molecule has 1 atom stereocenters. The lowest BCUT2D eigenvalue weighted by Crippen LogP contribution is -2.39. The molecular weight excluding hydrogens is 278 g/mol. The molecule has 0 saturated carbocycles. The Morgan fingerprint density at radius 2 is 2.15 bits per heavy atom. The quantitative estimate of drug-likeness (QED) is 0.764. The number of nitrogens with two attached hydrogens (primary N) is 2. The highest BCUT2D eigenvalue weighted by Gasteiger charge is 2.26. The van der Waals surface area contributed by atoms with E-state index in [-0.39, 0.29) is 29.8 Å². The standard InChI is InChI=1S/C14H21N3O2.ClH/c1-14(2)4-3-11-9(7-14)5-8(13(19)17-11)6-10(15)12(16)18;/h5,10H,3-4,6-7,15H2,1-2H3,(H2,16,18)(H,17,19);1H. The van der Waals surface area contributed by atoms with E-state index in [0.717, 1.165) is 30.5 Å². The predicted molar refractivity (Wildman–Crippen MR) is 81.0 cm³/mol. The van der Waals surface area contributed by atoms with Gasteiger partial charge in [-0.1, -0.05) is 13.8 Å². The maximum absolute atomic E-state index is 11.9. The Morgan fingerprint density at radius 3 is 2.75 bits per heavy atom. The molecule has 0 bridgehead atoms. The van der Waals surface area contributed by atoms with Crippen LogP contribution in [0.25, 0.3) is 0 Å². The van der Waals surface area contributed by atoms with Crippen molar-refractivity contribution in [3.63, 3.8) is 0 Å². The molecule has 1 unspecified atom stereocenters. The van der Waals surface area contributed by atoms with Crippen LogP contribution in [0.1, 0.15) is 37.1 Å². The minimum Gasteiger partial charge on any atom is -0.368 e. The monoisotopic (exact) mass is 299 g/mol. The third-order valence-corrected chi connectivity index (χ3v) is 3.82. The number of primary amides is 1. The number of aryl methyl sites for hydroxylation is 1. The van der Waals surface area contributed by atoms with Crippen molar-refractivity contribution in [1.29, 1.82) is 0 Å². The molecule has 0 aromatic carbocycles. The van der Waals surface area contributed by atoms with Gasteiger partial charge >= 0.3 is 0 Å². The van der Waals surface area contributed by atoms with E-state index in [0.29, 0.717) is 5.56 Å². The number of amides is 1. The number of pyridine rings is 1. The molecule has 0 spiro atoms. The second kappa shape index (κ2) is 5.97. The summed E-state index contributed by atoms with van der Waals surface area (Å²) < 4.78 is 0. The Balaban J connectivity index is 0.00000200. The number of halogens is 1. The van der Waals surface area contributed by atoms with Crippen LogP contribution in [-0.2, 0) is 24.1 Å². The molecule has 1 aliphatic rings. The van der Waals surface area contributed by atoms with Crippen LogP contribution in [0.15, 0.2) is 10.9 Å². The van der Waals surface area contributed by atoms with Crippen LogP contribution >= 0.6 is 12.4 Å². The molecule has 1 heterocycles. The second-order valence-electron chi connectivity index (χ2n) is 6.18. The van der Waals surface area contributed by atoms with Gasteiger partial charge < -0.3 is 16.5 Å². The summed E-state index contributed by atoms with van der Waals surface area (Å²) in [6.45, 7) is 4.44. The van der Waals surface area contributed by atoms with Gasteiger partial charge in [0.25, 0.3) is 5.56 Å². The maximum atomic E-state index is 11.9. The van der Waals surface area contributed by atoms with E-state index in [9.17, 15) is 9.59 Å². The Hall–Kier alpha value is -1.33. The predicted octanol–water partition coefficient (Wildman–Crippen LogP) is 0.667. The summed E-state index contributed by atoms with van der Waals surface area (Å²) in [5, 5.41) is 0. The van der Waals surface area contributed by atoms with Crippen LogP contribution in [0, 0.1) is 5.41 Å². The Kier molecular flexibility index (Phi) is 5.00. The molecule has 0 radical (unpaired) electrons. The number of hydrogen-bond donors (Lipinski definition) is 3. The zero-order valence-electron chi connectivity index (χ0n) is 11.9. The molecule has 0 fully saturated rings. The van der Waals surface area contributed by atoms with Gasteiger partial charge in [-0.2, -0.15) is 0 Å². The number of nitrogens with one attached hydrogen (secondary N) is 1. The first kappa shape index (κ1) is 16.7. The first-order chi connectivity index (χ1) is 8.78. The summed E-state index contributed by atoms with van der Waals surface area (Å²) in [7, 11) is 0. The first-order valence-electron chi connectivity index (χ1n) is 6.57. The SMILES string of the molecule is CC1(C)CCc2[nH]c(=O)c(CC(N)C(N)=O)cc2C1.Cl. The van der Waals surface area contributed by atoms with Crippen LogP contribution < -0.4 is 17.0 Å². The molecule has 1 aliphatic carbocycles. The molecule has 1 amide bonds. The van der Waals surface area contributed by atoms with Crippen molar-refractivity contribution in [1.82, 2.24) is 4.98 Å². The summed E-state index contributed by atoms with van der Waals surface area (Å²) in [6.07, 6.45) is 3.08. The number of carbonyl (C=O) groups is 1. The summed E-state index contributed by atoms with van der Waals surface area (Å²) in [6, 6.07) is 1.08. The van der Waals surface area contributed by atoms with E-state index in [1.165, 1.54) is 0 Å². The van der Waals surface area contributed by atoms with Crippen molar-refractivity contribution < 1.29 is 4.79 Å². The Morgan fingerprint density at radius 1 is 1.50 bits per heavy atom. The van der Waals surface area contributed by atoms with Gasteiger partial charge in [-0.15, -0.1) is 12.4 Å². The van der Waals surface area contributed by atoms with E-state index in [1.54, 1.807) is 0 Å². The molecule has 5 N–H and O–H groups in total. The van der Waals surface area contributed by atoms with Crippen molar-refractivity contribution in [2.45, 2.75) is 45.6 Å². The van der Waals surface area contributed by atoms with Gasteiger partial charge in [-0.25, -0.2) is 0 Å². The summed E-state index contributed by atoms with van der Waals surface area (Å²) in [4.78, 5) is 25.9. The molecule has 1 aromatic heterocycles. The number of H-pyrrole nitrogens is 1. The van der Waals surface area contributed by atoms with Gasteiger partial charge in [0.05, 0.1) is 6.04 Å².